The van der Waals surface area contributed by atoms with Crippen molar-refractivity contribution in [2.24, 2.45) is 0 Å². The van der Waals surface area contributed by atoms with Crippen LogP contribution in [0.4, 0.5) is 0 Å². The topological polar surface area (TPSA) is 84.7 Å². The number of rotatable bonds is 7. The Hall–Kier alpha value is -2.67. The van der Waals surface area contributed by atoms with Gasteiger partial charge in [-0.25, -0.2) is 4.68 Å². The third kappa shape index (κ3) is 4.17. The Kier molecular flexibility index (Phi) is 5.48. The maximum atomic E-state index is 12.6. The molecule has 0 fully saturated rings. The Labute approximate surface area is 134 Å². The minimum atomic E-state index is -1.07. The summed E-state index contributed by atoms with van der Waals surface area (Å²) in [5.41, 5.74) is 1.76. The molecule has 0 aliphatic rings. The van der Waals surface area contributed by atoms with Gasteiger partial charge in [0, 0.05) is 19.9 Å². The largest absolute Gasteiger partial charge is 0.480 e. The fourth-order valence-electron chi connectivity index (χ4n) is 2.17. The lowest BCUT2D eigenvalue weighted by Crippen LogP contribution is -2.38. The third-order valence-corrected chi connectivity index (χ3v) is 3.33. The lowest BCUT2D eigenvalue weighted by molar-refractivity contribution is -0.137. The highest BCUT2D eigenvalue weighted by molar-refractivity contribution is 5.96. The highest BCUT2D eigenvalue weighted by Crippen LogP contribution is 2.14. The first-order valence-electron chi connectivity index (χ1n) is 7.14. The van der Waals surface area contributed by atoms with Crippen LogP contribution in [0.2, 0.25) is 0 Å². The zero-order valence-corrected chi connectivity index (χ0v) is 13.1. The number of para-hydroxylation sites is 1. The zero-order valence-electron chi connectivity index (χ0n) is 13.1. The van der Waals surface area contributed by atoms with E-state index in [2.05, 4.69) is 5.10 Å². The lowest BCUT2D eigenvalue weighted by Gasteiger charge is -2.19. The summed E-state index contributed by atoms with van der Waals surface area (Å²) in [6.45, 7) is 1.82. The van der Waals surface area contributed by atoms with E-state index >= 15 is 0 Å². The van der Waals surface area contributed by atoms with E-state index in [1.807, 2.05) is 30.3 Å². The van der Waals surface area contributed by atoms with Crippen LogP contribution in [0.5, 0.6) is 0 Å². The Morgan fingerprint density at radius 2 is 2.00 bits per heavy atom. The first-order valence-corrected chi connectivity index (χ1v) is 7.14. The number of carbonyl (C=O) groups excluding carboxylic acids is 1. The molecular weight excluding hydrogens is 298 g/mol. The van der Waals surface area contributed by atoms with Crippen molar-refractivity contribution in [1.82, 2.24) is 14.7 Å². The van der Waals surface area contributed by atoms with Gasteiger partial charge in [0.2, 0.25) is 0 Å². The first-order chi connectivity index (χ1) is 11.0. The standard InChI is InChI=1S/C16H19N3O4/c1-12-14(10-19(17-12)13-6-4-3-5-7-13)16(22)18(8-9-23-2)11-15(20)21/h3-7,10H,8-9,11H2,1-2H3,(H,20,21). The lowest BCUT2D eigenvalue weighted by atomic mass is 10.2. The number of hydrogen-bond donors (Lipinski definition) is 1. The van der Waals surface area contributed by atoms with Gasteiger partial charge >= 0.3 is 5.97 Å². The van der Waals surface area contributed by atoms with Gasteiger partial charge in [-0.2, -0.15) is 5.10 Å². The van der Waals surface area contributed by atoms with Crippen LogP contribution in [0.25, 0.3) is 5.69 Å². The number of amides is 1. The summed E-state index contributed by atoms with van der Waals surface area (Å²) in [6.07, 6.45) is 1.62. The van der Waals surface area contributed by atoms with Gasteiger partial charge in [0.1, 0.15) is 6.54 Å². The van der Waals surface area contributed by atoms with Crippen molar-refractivity contribution in [3.8, 4) is 5.69 Å². The van der Waals surface area contributed by atoms with Crippen molar-refractivity contribution in [2.75, 3.05) is 26.8 Å². The number of nitrogens with zero attached hydrogens (tertiary/aromatic N) is 3. The highest BCUT2D eigenvalue weighted by Gasteiger charge is 2.22. The smallest absolute Gasteiger partial charge is 0.323 e. The monoisotopic (exact) mass is 317 g/mol. The van der Waals surface area contributed by atoms with E-state index in [-0.39, 0.29) is 25.6 Å². The maximum Gasteiger partial charge on any atom is 0.323 e. The van der Waals surface area contributed by atoms with Gasteiger partial charge in [-0.05, 0) is 19.1 Å². The number of ether oxygens (including phenoxy) is 1. The molecule has 1 heterocycles. The molecule has 1 aromatic carbocycles. The van der Waals surface area contributed by atoms with Gasteiger partial charge in [-0.15, -0.1) is 0 Å². The van der Waals surface area contributed by atoms with E-state index in [1.54, 1.807) is 17.8 Å². The van der Waals surface area contributed by atoms with Crippen LogP contribution in [0.1, 0.15) is 16.1 Å². The number of benzene rings is 1. The van der Waals surface area contributed by atoms with E-state index < -0.39 is 5.97 Å². The second-order valence-electron chi connectivity index (χ2n) is 5.02. The van der Waals surface area contributed by atoms with Gasteiger partial charge in [0.05, 0.1) is 23.6 Å². The SMILES string of the molecule is COCCN(CC(=O)O)C(=O)c1cn(-c2ccccc2)nc1C. The molecule has 2 aromatic rings. The first kappa shape index (κ1) is 16.7. The minimum Gasteiger partial charge on any atom is -0.480 e. The number of carbonyl (C=O) groups is 2. The van der Waals surface area contributed by atoms with Gasteiger partial charge in [-0.1, -0.05) is 18.2 Å². The summed E-state index contributed by atoms with van der Waals surface area (Å²) in [7, 11) is 1.50. The second kappa shape index (κ2) is 7.55. The summed E-state index contributed by atoms with van der Waals surface area (Å²) in [5, 5.41) is 13.3. The zero-order chi connectivity index (χ0) is 16.8. The molecule has 1 N–H and O–H groups in total. The Morgan fingerprint density at radius 1 is 1.30 bits per heavy atom. The quantitative estimate of drug-likeness (QED) is 0.833. The van der Waals surface area contributed by atoms with Gasteiger partial charge in [-0.3, -0.25) is 9.59 Å². The number of aliphatic carboxylic acids is 1. The molecule has 0 aliphatic heterocycles. The van der Waals surface area contributed by atoms with Crippen LogP contribution in [0, 0.1) is 6.92 Å². The maximum absolute atomic E-state index is 12.6. The number of carboxylic acids is 1. The Balaban J connectivity index is 2.26. The average molecular weight is 317 g/mol. The van der Waals surface area contributed by atoms with Crippen LogP contribution in [0.3, 0.4) is 0 Å². The van der Waals surface area contributed by atoms with Crippen molar-refractivity contribution >= 4 is 11.9 Å². The molecule has 0 unspecified atom stereocenters. The van der Waals surface area contributed by atoms with Crippen LogP contribution in [-0.4, -0.2) is 58.5 Å². The van der Waals surface area contributed by atoms with E-state index in [4.69, 9.17) is 9.84 Å². The molecule has 1 amide bonds. The van der Waals surface area contributed by atoms with Gasteiger partial charge in [0.15, 0.2) is 0 Å². The number of aromatic nitrogens is 2. The number of hydrogen-bond acceptors (Lipinski definition) is 4. The molecule has 0 saturated heterocycles. The summed E-state index contributed by atoms with van der Waals surface area (Å²) >= 11 is 0. The second-order valence-corrected chi connectivity index (χ2v) is 5.02. The molecule has 2 rings (SSSR count). The summed E-state index contributed by atoms with van der Waals surface area (Å²) in [6, 6.07) is 9.40. The molecule has 23 heavy (non-hydrogen) atoms. The number of carboxylic acid groups (broad SMARTS) is 1. The predicted molar refractivity (Wildman–Crippen MR) is 83.7 cm³/mol. The summed E-state index contributed by atoms with van der Waals surface area (Å²) in [4.78, 5) is 24.8. The molecule has 0 spiro atoms. The van der Waals surface area contributed by atoms with Crippen molar-refractivity contribution in [2.45, 2.75) is 6.92 Å². The van der Waals surface area contributed by atoms with E-state index in [0.717, 1.165) is 5.69 Å². The van der Waals surface area contributed by atoms with Crippen LogP contribution in [-0.2, 0) is 9.53 Å². The molecule has 0 aliphatic carbocycles. The van der Waals surface area contributed by atoms with E-state index in [0.29, 0.717) is 11.3 Å². The third-order valence-electron chi connectivity index (χ3n) is 3.33. The van der Waals surface area contributed by atoms with Crippen LogP contribution < -0.4 is 0 Å². The molecule has 1 aromatic heterocycles. The summed E-state index contributed by atoms with van der Waals surface area (Å²) < 4.78 is 6.55. The van der Waals surface area contributed by atoms with Gasteiger partial charge < -0.3 is 14.7 Å². The summed E-state index contributed by atoms with van der Waals surface area (Å²) in [5.74, 6) is -1.44. The fourth-order valence-corrected chi connectivity index (χ4v) is 2.17. The normalized spacial score (nSPS) is 10.5. The van der Waals surface area contributed by atoms with Gasteiger partial charge in [0.25, 0.3) is 5.91 Å². The molecular formula is C16H19N3O4. The molecule has 0 saturated carbocycles. The Morgan fingerprint density at radius 3 is 2.61 bits per heavy atom. The highest BCUT2D eigenvalue weighted by atomic mass is 16.5. The molecule has 0 radical (unpaired) electrons. The number of aryl methyl sites for hydroxylation is 1. The Bertz CT molecular complexity index is 682. The molecule has 122 valence electrons. The van der Waals surface area contributed by atoms with Crippen molar-refractivity contribution < 1.29 is 19.4 Å². The molecule has 0 atom stereocenters. The molecule has 0 bridgehead atoms. The van der Waals surface area contributed by atoms with Crippen LogP contribution >= 0.6 is 0 Å². The predicted octanol–water partition coefficient (Wildman–Crippen LogP) is 1.35. The molecule has 7 heteroatoms. The fraction of sp³-hybridized carbons (Fsp3) is 0.312. The number of methoxy groups -OCH3 is 1. The molecule has 7 nitrogen and oxygen atoms in total. The van der Waals surface area contributed by atoms with E-state index in [9.17, 15) is 9.59 Å². The average Bonchev–Trinajstić information content (AvgIpc) is 2.93. The van der Waals surface area contributed by atoms with Crippen molar-refractivity contribution in [3.63, 3.8) is 0 Å². The van der Waals surface area contributed by atoms with Crippen LogP contribution in [0.15, 0.2) is 36.5 Å². The van der Waals surface area contributed by atoms with Crippen molar-refractivity contribution in [3.05, 3.63) is 47.8 Å². The minimum absolute atomic E-state index is 0.206. The van der Waals surface area contributed by atoms with E-state index in [1.165, 1.54) is 12.0 Å². The van der Waals surface area contributed by atoms with Crippen molar-refractivity contribution in [1.29, 1.82) is 0 Å².